The lowest BCUT2D eigenvalue weighted by Gasteiger charge is -2.07. The molecule has 0 amide bonds. The fraction of sp³-hybridized carbons (Fsp3) is 0.312. The minimum Gasteiger partial charge on any atom is -0.488 e. The monoisotopic (exact) mass is 306 g/mol. The van der Waals surface area contributed by atoms with E-state index in [-0.39, 0.29) is 11.9 Å². The average molecular weight is 307 g/mol. The number of ether oxygens (including phenoxy) is 1. The highest BCUT2D eigenvalue weighted by molar-refractivity contribution is 7.17. The van der Waals surface area contributed by atoms with Crippen molar-refractivity contribution in [1.82, 2.24) is 0 Å². The van der Waals surface area contributed by atoms with Crippen LogP contribution in [0.25, 0.3) is 10.4 Å². The van der Waals surface area contributed by atoms with Crippen molar-refractivity contribution in [2.45, 2.75) is 32.8 Å². The molecule has 20 heavy (non-hydrogen) atoms. The van der Waals surface area contributed by atoms with Crippen molar-refractivity contribution in [3.05, 3.63) is 39.7 Å². The van der Waals surface area contributed by atoms with Gasteiger partial charge in [0.15, 0.2) is 5.78 Å². The summed E-state index contributed by atoms with van der Waals surface area (Å²) in [4.78, 5) is 13.2. The van der Waals surface area contributed by atoms with E-state index in [1.54, 1.807) is 6.92 Å². The lowest BCUT2D eigenvalue weighted by Crippen LogP contribution is -2.10. The standard InChI is InChI=1S/C16H15ClO2S/c1-3-12-7-11-6-10(8-13(17)16(11)19-12)15-5-4-14(20-15)9(2)18/h4-6,8,12H,3,7H2,1-2H3. The van der Waals surface area contributed by atoms with E-state index in [4.69, 9.17) is 16.3 Å². The number of benzene rings is 1. The Morgan fingerprint density at radius 2 is 2.25 bits per heavy atom. The maximum Gasteiger partial charge on any atom is 0.169 e. The summed E-state index contributed by atoms with van der Waals surface area (Å²) < 4.78 is 5.84. The third-order valence-corrected chi connectivity index (χ3v) is 5.06. The summed E-state index contributed by atoms with van der Waals surface area (Å²) in [5, 5.41) is 0.659. The van der Waals surface area contributed by atoms with Crippen LogP contribution in [-0.2, 0) is 6.42 Å². The van der Waals surface area contributed by atoms with Crippen LogP contribution in [0.1, 0.15) is 35.5 Å². The maximum absolute atomic E-state index is 11.4. The molecule has 0 saturated heterocycles. The Labute approximate surface area is 127 Å². The van der Waals surface area contributed by atoms with Gasteiger partial charge in [-0.15, -0.1) is 11.3 Å². The Morgan fingerprint density at radius 1 is 1.45 bits per heavy atom. The van der Waals surface area contributed by atoms with Crippen molar-refractivity contribution in [3.63, 3.8) is 0 Å². The van der Waals surface area contributed by atoms with Gasteiger partial charge in [-0.05, 0) is 43.2 Å². The number of fused-ring (bicyclic) bond motifs is 1. The van der Waals surface area contributed by atoms with E-state index in [1.165, 1.54) is 11.3 Å². The molecule has 0 radical (unpaired) electrons. The molecule has 0 bridgehead atoms. The Morgan fingerprint density at radius 3 is 2.90 bits per heavy atom. The second-order valence-electron chi connectivity index (χ2n) is 5.02. The summed E-state index contributed by atoms with van der Waals surface area (Å²) >= 11 is 7.83. The Balaban J connectivity index is 2.00. The summed E-state index contributed by atoms with van der Waals surface area (Å²) in [5.74, 6) is 0.925. The van der Waals surface area contributed by atoms with Gasteiger partial charge in [0.2, 0.25) is 0 Å². The molecule has 104 valence electrons. The van der Waals surface area contributed by atoms with Crippen LogP contribution in [0, 0.1) is 0 Å². The van der Waals surface area contributed by atoms with Crippen LogP contribution in [0.3, 0.4) is 0 Å². The molecule has 0 N–H and O–H groups in total. The second kappa shape index (κ2) is 5.23. The number of hydrogen-bond donors (Lipinski definition) is 0. The van der Waals surface area contributed by atoms with Gasteiger partial charge in [0.25, 0.3) is 0 Å². The predicted molar refractivity (Wildman–Crippen MR) is 83.2 cm³/mol. The third-order valence-electron chi connectivity index (χ3n) is 3.55. The molecule has 2 nitrogen and oxygen atoms in total. The molecule has 0 spiro atoms. The van der Waals surface area contributed by atoms with E-state index in [2.05, 4.69) is 13.0 Å². The number of carbonyl (C=O) groups is 1. The lowest BCUT2D eigenvalue weighted by atomic mass is 10.0. The van der Waals surface area contributed by atoms with Gasteiger partial charge in [-0.2, -0.15) is 0 Å². The zero-order chi connectivity index (χ0) is 14.3. The molecule has 2 heterocycles. The quantitative estimate of drug-likeness (QED) is 0.747. The third kappa shape index (κ3) is 2.36. The highest BCUT2D eigenvalue weighted by Gasteiger charge is 2.24. The van der Waals surface area contributed by atoms with Crippen molar-refractivity contribution in [3.8, 4) is 16.2 Å². The molecule has 0 aliphatic carbocycles. The number of Topliss-reactive ketones (excluding diaryl/α,β-unsaturated/α-hetero) is 1. The van der Waals surface area contributed by atoms with E-state index in [1.807, 2.05) is 18.2 Å². The van der Waals surface area contributed by atoms with E-state index >= 15 is 0 Å². The molecule has 1 aliphatic heterocycles. The molecule has 0 saturated carbocycles. The van der Waals surface area contributed by atoms with Crippen molar-refractivity contribution >= 4 is 28.7 Å². The highest BCUT2D eigenvalue weighted by atomic mass is 35.5. The molecule has 1 atom stereocenters. The van der Waals surface area contributed by atoms with Gasteiger partial charge in [0, 0.05) is 16.9 Å². The second-order valence-corrected chi connectivity index (χ2v) is 6.51. The molecular weight excluding hydrogens is 292 g/mol. The van der Waals surface area contributed by atoms with E-state index in [0.717, 1.165) is 39.5 Å². The summed E-state index contributed by atoms with van der Waals surface area (Å²) in [5.41, 5.74) is 2.23. The van der Waals surface area contributed by atoms with Crippen molar-refractivity contribution in [2.24, 2.45) is 0 Å². The van der Waals surface area contributed by atoms with Crippen LogP contribution in [-0.4, -0.2) is 11.9 Å². The number of hydrogen-bond acceptors (Lipinski definition) is 3. The first-order valence-corrected chi connectivity index (χ1v) is 7.88. The van der Waals surface area contributed by atoms with E-state index in [9.17, 15) is 4.79 Å². The summed E-state index contributed by atoms with van der Waals surface area (Å²) in [6, 6.07) is 7.90. The van der Waals surface area contributed by atoms with Crippen LogP contribution in [0.4, 0.5) is 0 Å². The summed E-state index contributed by atoms with van der Waals surface area (Å²) in [6.45, 7) is 3.70. The number of thiophene rings is 1. The SMILES string of the molecule is CCC1Cc2cc(-c3ccc(C(C)=O)s3)cc(Cl)c2O1. The normalized spacial score (nSPS) is 16.9. The molecule has 4 heteroatoms. The van der Waals surface area contributed by atoms with Gasteiger partial charge in [-0.1, -0.05) is 18.5 Å². The van der Waals surface area contributed by atoms with Gasteiger partial charge in [0.05, 0.1) is 9.90 Å². The van der Waals surface area contributed by atoms with Gasteiger partial charge in [0.1, 0.15) is 11.9 Å². The summed E-state index contributed by atoms with van der Waals surface area (Å²) in [7, 11) is 0. The smallest absolute Gasteiger partial charge is 0.169 e. The molecule has 1 aliphatic rings. The molecular formula is C16H15ClO2S. The number of halogens is 1. The zero-order valence-electron chi connectivity index (χ0n) is 11.4. The Hall–Kier alpha value is -1.32. The topological polar surface area (TPSA) is 26.3 Å². The highest BCUT2D eigenvalue weighted by Crippen LogP contribution is 2.41. The Bertz CT molecular complexity index is 675. The first-order valence-electron chi connectivity index (χ1n) is 6.68. The number of ketones is 1. The van der Waals surface area contributed by atoms with Gasteiger partial charge < -0.3 is 4.74 Å². The van der Waals surface area contributed by atoms with Gasteiger partial charge in [-0.3, -0.25) is 4.79 Å². The summed E-state index contributed by atoms with van der Waals surface area (Å²) in [6.07, 6.45) is 2.12. The predicted octanol–water partition coefficient (Wildman–Crippen LogP) is 4.98. The van der Waals surface area contributed by atoms with Crippen LogP contribution >= 0.6 is 22.9 Å². The molecule has 0 fully saturated rings. The molecule has 2 aromatic rings. The minimum absolute atomic E-state index is 0.0999. The van der Waals surface area contributed by atoms with Crippen LogP contribution < -0.4 is 4.74 Å². The minimum atomic E-state index is 0.0999. The molecule has 1 aromatic carbocycles. The molecule has 1 aromatic heterocycles. The first kappa shape index (κ1) is 13.7. The largest absolute Gasteiger partial charge is 0.488 e. The van der Waals surface area contributed by atoms with Crippen molar-refractivity contribution in [1.29, 1.82) is 0 Å². The van der Waals surface area contributed by atoms with Gasteiger partial charge in [-0.25, -0.2) is 0 Å². The Kier molecular flexibility index (Phi) is 3.57. The van der Waals surface area contributed by atoms with E-state index in [0.29, 0.717) is 5.02 Å². The maximum atomic E-state index is 11.4. The van der Waals surface area contributed by atoms with Crippen LogP contribution in [0.5, 0.6) is 5.75 Å². The fourth-order valence-corrected chi connectivity index (χ4v) is 3.61. The van der Waals surface area contributed by atoms with Crippen LogP contribution in [0.2, 0.25) is 5.02 Å². The zero-order valence-corrected chi connectivity index (χ0v) is 13.0. The number of rotatable bonds is 3. The molecule has 1 unspecified atom stereocenters. The first-order chi connectivity index (χ1) is 9.58. The fourth-order valence-electron chi connectivity index (χ4n) is 2.44. The average Bonchev–Trinajstić information content (AvgIpc) is 3.05. The van der Waals surface area contributed by atoms with Crippen LogP contribution in [0.15, 0.2) is 24.3 Å². The van der Waals surface area contributed by atoms with Crippen molar-refractivity contribution < 1.29 is 9.53 Å². The van der Waals surface area contributed by atoms with E-state index < -0.39 is 0 Å². The van der Waals surface area contributed by atoms with Gasteiger partial charge >= 0.3 is 0 Å². The number of carbonyl (C=O) groups excluding carboxylic acids is 1. The van der Waals surface area contributed by atoms with Crippen molar-refractivity contribution in [2.75, 3.05) is 0 Å². The molecule has 3 rings (SSSR count). The lowest BCUT2D eigenvalue weighted by molar-refractivity contribution is 0.102.